The number of amides is 1. The summed E-state index contributed by atoms with van der Waals surface area (Å²) in [5, 5.41) is 2.76. The average Bonchev–Trinajstić information content (AvgIpc) is 2.69. The Morgan fingerprint density at radius 2 is 1.78 bits per heavy atom. The SMILES string of the molecule is CCOC(=O)c1ccc(-c2cnc(N)c(C(=O)Nc3ccncc3)c2)cc1. The number of aromatic nitrogens is 2. The van der Waals surface area contributed by atoms with Gasteiger partial charge in [0, 0.05) is 29.8 Å². The van der Waals surface area contributed by atoms with Crippen LogP contribution in [0.15, 0.2) is 61.1 Å². The highest BCUT2D eigenvalue weighted by atomic mass is 16.5. The molecule has 0 unspecified atom stereocenters. The van der Waals surface area contributed by atoms with E-state index in [4.69, 9.17) is 10.5 Å². The summed E-state index contributed by atoms with van der Waals surface area (Å²) in [6.45, 7) is 2.07. The molecule has 2 aromatic heterocycles. The minimum absolute atomic E-state index is 0.133. The van der Waals surface area contributed by atoms with Crippen LogP contribution in [-0.4, -0.2) is 28.5 Å². The Morgan fingerprint density at radius 1 is 1.07 bits per heavy atom. The lowest BCUT2D eigenvalue weighted by Gasteiger charge is -2.09. The van der Waals surface area contributed by atoms with Crippen LogP contribution in [0, 0.1) is 0 Å². The third-order valence-corrected chi connectivity index (χ3v) is 3.83. The molecule has 0 bridgehead atoms. The third kappa shape index (κ3) is 4.27. The predicted octanol–water partition coefficient (Wildman–Crippen LogP) is 3.15. The first-order valence-corrected chi connectivity index (χ1v) is 8.33. The van der Waals surface area contributed by atoms with Gasteiger partial charge in [0.2, 0.25) is 0 Å². The molecular weight excluding hydrogens is 344 g/mol. The summed E-state index contributed by atoms with van der Waals surface area (Å²) >= 11 is 0. The molecule has 3 rings (SSSR count). The molecule has 2 heterocycles. The smallest absolute Gasteiger partial charge is 0.338 e. The fourth-order valence-electron chi connectivity index (χ4n) is 2.46. The standard InChI is InChI=1S/C20H18N4O3/c1-2-27-20(26)14-5-3-13(4-6-14)15-11-17(18(21)23-12-15)19(25)24-16-7-9-22-10-8-16/h3-12H,2H2,1H3,(H2,21,23)(H,22,24,25). The van der Waals surface area contributed by atoms with Crippen LogP contribution in [-0.2, 0) is 4.74 Å². The number of carbonyl (C=O) groups excluding carboxylic acids is 2. The monoisotopic (exact) mass is 362 g/mol. The number of rotatable bonds is 5. The van der Waals surface area contributed by atoms with E-state index in [1.807, 2.05) is 0 Å². The van der Waals surface area contributed by atoms with Crippen molar-refractivity contribution in [2.45, 2.75) is 6.92 Å². The summed E-state index contributed by atoms with van der Waals surface area (Å²) in [5.74, 6) is -0.610. The molecule has 3 aromatic rings. The van der Waals surface area contributed by atoms with Crippen molar-refractivity contribution in [2.75, 3.05) is 17.7 Å². The Bertz CT molecular complexity index is 957. The van der Waals surface area contributed by atoms with Crippen LogP contribution in [0.1, 0.15) is 27.6 Å². The molecule has 0 aliphatic rings. The number of pyridine rings is 2. The molecule has 0 saturated carbocycles. The van der Waals surface area contributed by atoms with Gasteiger partial charge < -0.3 is 15.8 Å². The molecule has 136 valence electrons. The van der Waals surface area contributed by atoms with Gasteiger partial charge in [0.05, 0.1) is 17.7 Å². The van der Waals surface area contributed by atoms with E-state index in [0.717, 1.165) is 5.56 Å². The van der Waals surface area contributed by atoms with E-state index in [0.29, 0.717) is 23.4 Å². The van der Waals surface area contributed by atoms with Gasteiger partial charge in [-0.05, 0) is 42.8 Å². The summed E-state index contributed by atoms with van der Waals surface area (Å²) in [4.78, 5) is 32.3. The first kappa shape index (κ1) is 18.1. The highest BCUT2D eigenvalue weighted by Crippen LogP contribution is 2.23. The summed E-state index contributed by atoms with van der Waals surface area (Å²) in [6.07, 6.45) is 4.75. The van der Waals surface area contributed by atoms with Crippen LogP contribution < -0.4 is 11.1 Å². The van der Waals surface area contributed by atoms with Crippen LogP contribution in [0.2, 0.25) is 0 Å². The molecule has 0 aliphatic carbocycles. The summed E-state index contributed by atoms with van der Waals surface area (Å²) in [5.41, 5.74) is 8.71. The number of carbonyl (C=O) groups is 2. The van der Waals surface area contributed by atoms with E-state index in [1.165, 1.54) is 0 Å². The van der Waals surface area contributed by atoms with Crippen LogP contribution in [0.3, 0.4) is 0 Å². The first-order valence-electron chi connectivity index (χ1n) is 8.33. The number of nitrogen functional groups attached to an aromatic ring is 1. The van der Waals surface area contributed by atoms with E-state index < -0.39 is 0 Å². The minimum Gasteiger partial charge on any atom is -0.462 e. The van der Waals surface area contributed by atoms with Crippen molar-refractivity contribution < 1.29 is 14.3 Å². The normalized spacial score (nSPS) is 10.3. The van der Waals surface area contributed by atoms with Crippen molar-refractivity contribution >= 4 is 23.4 Å². The van der Waals surface area contributed by atoms with Gasteiger partial charge in [-0.2, -0.15) is 0 Å². The predicted molar refractivity (Wildman–Crippen MR) is 102 cm³/mol. The number of esters is 1. The zero-order valence-electron chi connectivity index (χ0n) is 14.7. The van der Waals surface area contributed by atoms with Gasteiger partial charge >= 0.3 is 5.97 Å². The second-order valence-corrected chi connectivity index (χ2v) is 5.64. The molecule has 27 heavy (non-hydrogen) atoms. The topological polar surface area (TPSA) is 107 Å². The molecule has 3 N–H and O–H groups in total. The Balaban J connectivity index is 1.84. The fraction of sp³-hybridized carbons (Fsp3) is 0.100. The Morgan fingerprint density at radius 3 is 2.44 bits per heavy atom. The minimum atomic E-state index is -0.378. The number of anilines is 2. The second kappa shape index (κ2) is 8.09. The maximum absolute atomic E-state index is 12.5. The third-order valence-electron chi connectivity index (χ3n) is 3.83. The summed E-state index contributed by atoms with van der Waals surface area (Å²) in [6, 6.07) is 11.9. The van der Waals surface area contributed by atoms with Crippen molar-refractivity contribution in [3.63, 3.8) is 0 Å². The van der Waals surface area contributed by atoms with Gasteiger partial charge in [0.25, 0.3) is 5.91 Å². The van der Waals surface area contributed by atoms with E-state index in [-0.39, 0.29) is 23.3 Å². The number of hydrogen-bond donors (Lipinski definition) is 2. The molecule has 1 aromatic carbocycles. The van der Waals surface area contributed by atoms with Gasteiger partial charge in [-0.1, -0.05) is 12.1 Å². The fourth-order valence-corrected chi connectivity index (χ4v) is 2.46. The van der Waals surface area contributed by atoms with Gasteiger partial charge in [-0.15, -0.1) is 0 Å². The van der Waals surface area contributed by atoms with Crippen molar-refractivity contribution in [1.29, 1.82) is 0 Å². The molecule has 0 fully saturated rings. The lowest BCUT2D eigenvalue weighted by molar-refractivity contribution is 0.0526. The lowest BCUT2D eigenvalue weighted by Crippen LogP contribution is -2.15. The molecule has 7 nitrogen and oxygen atoms in total. The number of hydrogen-bond acceptors (Lipinski definition) is 6. The van der Waals surface area contributed by atoms with Crippen LogP contribution >= 0.6 is 0 Å². The lowest BCUT2D eigenvalue weighted by atomic mass is 10.0. The molecule has 7 heteroatoms. The Labute approximate surface area is 156 Å². The van der Waals surface area contributed by atoms with Crippen LogP contribution in [0.5, 0.6) is 0 Å². The quantitative estimate of drug-likeness (QED) is 0.675. The molecule has 0 atom stereocenters. The zero-order valence-corrected chi connectivity index (χ0v) is 14.7. The van der Waals surface area contributed by atoms with Gasteiger partial charge in [0.1, 0.15) is 5.82 Å². The van der Waals surface area contributed by atoms with E-state index >= 15 is 0 Å². The zero-order chi connectivity index (χ0) is 19.2. The van der Waals surface area contributed by atoms with Crippen molar-refractivity contribution in [3.05, 3.63) is 72.2 Å². The Kier molecular flexibility index (Phi) is 5.41. The van der Waals surface area contributed by atoms with Crippen LogP contribution in [0.4, 0.5) is 11.5 Å². The van der Waals surface area contributed by atoms with Gasteiger partial charge in [0.15, 0.2) is 0 Å². The van der Waals surface area contributed by atoms with Gasteiger partial charge in [-0.3, -0.25) is 9.78 Å². The Hall–Kier alpha value is -3.74. The number of nitrogens with zero attached hydrogens (tertiary/aromatic N) is 2. The van der Waals surface area contributed by atoms with E-state index in [9.17, 15) is 9.59 Å². The highest BCUT2D eigenvalue weighted by molar-refractivity contribution is 6.07. The van der Waals surface area contributed by atoms with Crippen molar-refractivity contribution in [3.8, 4) is 11.1 Å². The maximum Gasteiger partial charge on any atom is 0.338 e. The van der Waals surface area contributed by atoms with Gasteiger partial charge in [-0.25, -0.2) is 9.78 Å². The average molecular weight is 362 g/mol. The molecule has 0 aliphatic heterocycles. The number of nitrogens with two attached hydrogens (primary N) is 1. The number of nitrogens with one attached hydrogen (secondary N) is 1. The molecule has 1 amide bonds. The first-order chi connectivity index (χ1) is 13.1. The van der Waals surface area contributed by atoms with E-state index in [1.54, 1.807) is 68.0 Å². The molecule has 0 saturated heterocycles. The molecule has 0 radical (unpaired) electrons. The number of ether oxygens (including phenoxy) is 1. The van der Waals surface area contributed by atoms with Crippen molar-refractivity contribution in [2.24, 2.45) is 0 Å². The van der Waals surface area contributed by atoms with E-state index in [2.05, 4.69) is 15.3 Å². The number of benzene rings is 1. The molecule has 0 spiro atoms. The van der Waals surface area contributed by atoms with Crippen LogP contribution in [0.25, 0.3) is 11.1 Å². The van der Waals surface area contributed by atoms with Crippen molar-refractivity contribution in [1.82, 2.24) is 9.97 Å². The largest absolute Gasteiger partial charge is 0.462 e. The summed E-state index contributed by atoms with van der Waals surface area (Å²) < 4.78 is 4.97. The second-order valence-electron chi connectivity index (χ2n) is 5.64. The molecular formula is C20H18N4O3. The maximum atomic E-state index is 12.5. The highest BCUT2D eigenvalue weighted by Gasteiger charge is 2.14. The summed E-state index contributed by atoms with van der Waals surface area (Å²) in [7, 11) is 0.